The van der Waals surface area contributed by atoms with Gasteiger partial charge in [0.15, 0.2) is 0 Å². The third kappa shape index (κ3) is 2.92. The molecule has 0 bridgehead atoms. The summed E-state index contributed by atoms with van der Waals surface area (Å²) in [5.41, 5.74) is 1.20. The third-order valence-corrected chi connectivity index (χ3v) is 4.13. The number of hydrogen-bond acceptors (Lipinski definition) is 3. The Morgan fingerprint density at radius 1 is 1.06 bits per heavy atom. The zero-order valence-corrected chi connectivity index (χ0v) is 11.8. The fourth-order valence-corrected chi connectivity index (χ4v) is 2.85. The van der Waals surface area contributed by atoms with Gasteiger partial charge < -0.3 is 10.1 Å². The Morgan fingerprint density at radius 3 is 2.50 bits per heavy atom. The maximum absolute atomic E-state index is 5.40. The summed E-state index contributed by atoms with van der Waals surface area (Å²) < 4.78 is 5.40. The quantitative estimate of drug-likeness (QED) is 0.872. The molecule has 1 aromatic heterocycles. The van der Waals surface area contributed by atoms with Gasteiger partial charge in [-0.05, 0) is 31.4 Å². The maximum Gasteiger partial charge on any atom is 0.123 e. The van der Waals surface area contributed by atoms with Crippen LogP contribution in [0.25, 0.3) is 0 Å². The van der Waals surface area contributed by atoms with E-state index in [0.29, 0.717) is 6.04 Å². The van der Waals surface area contributed by atoms with Crippen molar-refractivity contribution in [1.82, 2.24) is 5.32 Å². The number of methoxy groups -OCH3 is 1. The Hall–Kier alpha value is -1.32. The lowest BCUT2D eigenvalue weighted by molar-refractivity contribution is 0.397. The molecule has 0 saturated heterocycles. The van der Waals surface area contributed by atoms with E-state index >= 15 is 0 Å². The first-order valence-corrected chi connectivity index (χ1v) is 7.02. The lowest BCUT2D eigenvalue weighted by Crippen LogP contribution is -2.22. The van der Waals surface area contributed by atoms with Crippen LogP contribution in [-0.4, -0.2) is 7.11 Å². The minimum Gasteiger partial charge on any atom is -0.496 e. The van der Waals surface area contributed by atoms with Gasteiger partial charge in [-0.15, -0.1) is 11.3 Å². The normalized spacial score (nSPS) is 14.2. The lowest BCUT2D eigenvalue weighted by atomic mass is 10.1. The summed E-state index contributed by atoms with van der Waals surface area (Å²) in [6.07, 6.45) is 0. The van der Waals surface area contributed by atoms with Gasteiger partial charge in [-0.3, -0.25) is 0 Å². The van der Waals surface area contributed by atoms with E-state index in [1.54, 1.807) is 18.4 Å². The van der Waals surface area contributed by atoms with Crippen molar-refractivity contribution in [2.45, 2.75) is 25.9 Å². The Morgan fingerprint density at radius 2 is 1.83 bits per heavy atom. The second kappa shape index (κ2) is 6.03. The molecule has 3 heteroatoms. The molecule has 0 saturated carbocycles. The zero-order valence-electron chi connectivity index (χ0n) is 11.0. The highest BCUT2D eigenvalue weighted by Crippen LogP contribution is 2.27. The average molecular weight is 261 g/mol. The molecule has 96 valence electrons. The summed E-state index contributed by atoms with van der Waals surface area (Å²) in [6.45, 7) is 4.36. The predicted octanol–water partition coefficient (Wildman–Crippen LogP) is 4.17. The standard InChI is InChI=1S/C15H19NOS/c1-11(13-7-4-5-8-14(13)17-3)16-12(2)15-9-6-10-18-15/h4-12,16H,1-3H3/t11-,12?/m1/s1. The molecular weight excluding hydrogens is 242 g/mol. The van der Waals surface area contributed by atoms with Gasteiger partial charge in [0.05, 0.1) is 7.11 Å². The molecule has 0 aliphatic rings. The van der Waals surface area contributed by atoms with Gasteiger partial charge in [0.2, 0.25) is 0 Å². The van der Waals surface area contributed by atoms with Gasteiger partial charge in [0, 0.05) is 22.5 Å². The van der Waals surface area contributed by atoms with E-state index < -0.39 is 0 Å². The van der Waals surface area contributed by atoms with Crippen molar-refractivity contribution in [2.75, 3.05) is 7.11 Å². The van der Waals surface area contributed by atoms with Gasteiger partial charge in [-0.2, -0.15) is 0 Å². The Kier molecular flexibility index (Phi) is 4.39. The van der Waals surface area contributed by atoms with E-state index in [2.05, 4.69) is 42.7 Å². The average Bonchev–Trinajstić information content (AvgIpc) is 2.92. The van der Waals surface area contributed by atoms with Crippen molar-refractivity contribution < 1.29 is 4.74 Å². The molecule has 2 atom stereocenters. The molecular formula is C15H19NOS. The molecule has 1 heterocycles. The SMILES string of the molecule is COc1ccccc1[C@@H](C)NC(C)c1cccs1. The number of nitrogens with one attached hydrogen (secondary N) is 1. The van der Waals surface area contributed by atoms with E-state index in [-0.39, 0.29) is 6.04 Å². The summed E-state index contributed by atoms with van der Waals surface area (Å²) in [4.78, 5) is 1.36. The van der Waals surface area contributed by atoms with Crippen LogP contribution in [0.15, 0.2) is 41.8 Å². The molecule has 0 spiro atoms. The molecule has 0 aliphatic carbocycles. The van der Waals surface area contributed by atoms with Gasteiger partial charge >= 0.3 is 0 Å². The van der Waals surface area contributed by atoms with Crippen LogP contribution in [0.4, 0.5) is 0 Å². The molecule has 1 unspecified atom stereocenters. The first-order chi connectivity index (χ1) is 8.72. The van der Waals surface area contributed by atoms with E-state index in [0.717, 1.165) is 5.75 Å². The van der Waals surface area contributed by atoms with Gasteiger partial charge in [0.25, 0.3) is 0 Å². The topological polar surface area (TPSA) is 21.3 Å². The van der Waals surface area contributed by atoms with Crippen molar-refractivity contribution in [3.63, 3.8) is 0 Å². The van der Waals surface area contributed by atoms with Gasteiger partial charge in [-0.25, -0.2) is 0 Å². The number of hydrogen-bond donors (Lipinski definition) is 1. The largest absolute Gasteiger partial charge is 0.496 e. The molecule has 1 aromatic carbocycles. The minimum atomic E-state index is 0.262. The Balaban J connectivity index is 2.09. The molecule has 0 amide bonds. The highest BCUT2D eigenvalue weighted by Gasteiger charge is 2.14. The van der Waals surface area contributed by atoms with Crippen LogP contribution in [-0.2, 0) is 0 Å². The second-order valence-electron chi connectivity index (χ2n) is 4.37. The second-order valence-corrected chi connectivity index (χ2v) is 5.35. The molecule has 1 N–H and O–H groups in total. The van der Waals surface area contributed by atoms with E-state index in [1.165, 1.54) is 10.4 Å². The maximum atomic E-state index is 5.40. The zero-order chi connectivity index (χ0) is 13.0. The fourth-order valence-electron chi connectivity index (χ4n) is 2.11. The Labute approximate surface area is 113 Å². The van der Waals surface area contributed by atoms with Crippen molar-refractivity contribution in [1.29, 1.82) is 0 Å². The number of para-hydroxylation sites is 1. The smallest absolute Gasteiger partial charge is 0.123 e. The number of thiophene rings is 1. The van der Waals surface area contributed by atoms with Gasteiger partial charge in [0.1, 0.15) is 5.75 Å². The molecule has 0 radical (unpaired) electrons. The van der Waals surface area contributed by atoms with Crippen LogP contribution in [0, 0.1) is 0 Å². The summed E-state index contributed by atoms with van der Waals surface area (Å²) in [5, 5.41) is 5.72. The van der Waals surface area contributed by atoms with E-state index in [4.69, 9.17) is 4.74 Å². The van der Waals surface area contributed by atoms with Crippen molar-refractivity contribution in [2.24, 2.45) is 0 Å². The first kappa shape index (κ1) is 13.1. The molecule has 2 aromatic rings. The monoisotopic (exact) mass is 261 g/mol. The summed E-state index contributed by atoms with van der Waals surface area (Å²) in [6, 6.07) is 13.0. The number of benzene rings is 1. The summed E-state index contributed by atoms with van der Waals surface area (Å²) >= 11 is 1.78. The van der Waals surface area contributed by atoms with Crippen molar-refractivity contribution in [3.05, 3.63) is 52.2 Å². The van der Waals surface area contributed by atoms with Crippen LogP contribution in [0.1, 0.15) is 36.4 Å². The molecule has 2 rings (SSSR count). The van der Waals surface area contributed by atoms with Crippen LogP contribution >= 0.6 is 11.3 Å². The fraction of sp³-hybridized carbons (Fsp3) is 0.333. The third-order valence-electron chi connectivity index (χ3n) is 3.08. The highest BCUT2D eigenvalue weighted by atomic mass is 32.1. The Bertz CT molecular complexity index is 481. The molecule has 0 fully saturated rings. The predicted molar refractivity (Wildman–Crippen MR) is 77.3 cm³/mol. The summed E-state index contributed by atoms with van der Waals surface area (Å²) in [7, 11) is 1.72. The molecule has 18 heavy (non-hydrogen) atoms. The van der Waals surface area contributed by atoms with E-state index in [9.17, 15) is 0 Å². The van der Waals surface area contributed by atoms with Crippen LogP contribution < -0.4 is 10.1 Å². The van der Waals surface area contributed by atoms with Crippen molar-refractivity contribution in [3.8, 4) is 5.75 Å². The highest BCUT2D eigenvalue weighted by molar-refractivity contribution is 7.10. The molecule has 0 aliphatic heterocycles. The summed E-state index contributed by atoms with van der Waals surface area (Å²) in [5.74, 6) is 0.941. The number of ether oxygens (including phenoxy) is 1. The van der Waals surface area contributed by atoms with Crippen molar-refractivity contribution >= 4 is 11.3 Å². The van der Waals surface area contributed by atoms with Gasteiger partial charge in [-0.1, -0.05) is 24.3 Å². The van der Waals surface area contributed by atoms with Crippen LogP contribution in [0.5, 0.6) is 5.75 Å². The molecule has 2 nitrogen and oxygen atoms in total. The minimum absolute atomic E-state index is 0.262. The first-order valence-electron chi connectivity index (χ1n) is 6.14. The van der Waals surface area contributed by atoms with Crippen LogP contribution in [0.3, 0.4) is 0 Å². The van der Waals surface area contributed by atoms with E-state index in [1.807, 2.05) is 18.2 Å². The lowest BCUT2D eigenvalue weighted by Gasteiger charge is -2.21. The number of rotatable bonds is 5. The van der Waals surface area contributed by atoms with Crippen LogP contribution in [0.2, 0.25) is 0 Å².